The second kappa shape index (κ2) is 7.52. The Morgan fingerprint density at radius 3 is 2.60 bits per heavy atom. The van der Waals surface area contributed by atoms with Gasteiger partial charge in [0.15, 0.2) is 5.78 Å². The maximum absolute atomic E-state index is 13.2. The summed E-state index contributed by atoms with van der Waals surface area (Å²) in [5, 5.41) is 0. The lowest BCUT2D eigenvalue weighted by Crippen LogP contribution is -2.42. The monoisotopic (exact) mass is 342 g/mol. The predicted octanol–water partition coefficient (Wildman–Crippen LogP) is 4.68. The molecule has 0 N–H and O–H groups in total. The maximum atomic E-state index is 13.2. The third kappa shape index (κ3) is 3.69. The molecule has 0 spiro atoms. The van der Waals surface area contributed by atoms with Gasteiger partial charge in [0.2, 0.25) is 0 Å². The van der Waals surface area contributed by atoms with E-state index in [1.807, 2.05) is 24.5 Å². The molecular weight excluding hydrogens is 315 g/mol. The third-order valence-electron chi connectivity index (χ3n) is 5.38. The zero-order valence-electron chi connectivity index (χ0n) is 15.4. The predicted molar refractivity (Wildman–Crippen MR) is 99.0 cm³/mol. The summed E-state index contributed by atoms with van der Waals surface area (Å²) < 4.78 is 15.2. The van der Waals surface area contributed by atoms with E-state index in [1.54, 1.807) is 12.1 Å². The average molecular weight is 342 g/mol. The summed E-state index contributed by atoms with van der Waals surface area (Å²) in [7, 11) is 0. The van der Waals surface area contributed by atoms with Crippen LogP contribution in [0.25, 0.3) is 5.69 Å². The van der Waals surface area contributed by atoms with Crippen LogP contribution in [0.3, 0.4) is 0 Å². The molecule has 2 aromatic rings. The zero-order chi connectivity index (χ0) is 18.0. The van der Waals surface area contributed by atoms with Gasteiger partial charge in [-0.3, -0.25) is 9.69 Å². The molecule has 134 valence electrons. The van der Waals surface area contributed by atoms with Gasteiger partial charge in [-0.15, -0.1) is 0 Å². The molecule has 1 saturated heterocycles. The van der Waals surface area contributed by atoms with Gasteiger partial charge in [0.1, 0.15) is 5.82 Å². The third-order valence-corrected chi connectivity index (χ3v) is 5.38. The first-order chi connectivity index (χ1) is 12.0. The minimum Gasteiger partial charge on any atom is -0.318 e. The SMILES string of the molecule is CCC1CCCCN1CC(=O)c1cc(C)n(-c2ccc(F)cc2)c1C. The van der Waals surface area contributed by atoms with Crippen molar-refractivity contribution in [1.82, 2.24) is 9.47 Å². The van der Waals surface area contributed by atoms with Crippen molar-refractivity contribution < 1.29 is 9.18 Å². The largest absolute Gasteiger partial charge is 0.318 e. The van der Waals surface area contributed by atoms with E-state index in [2.05, 4.69) is 11.8 Å². The Hall–Kier alpha value is -1.94. The van der Waals surface area contributed by atoms with E-state index in [0.717, 1.165) is 35.6 Å². The fourth-order valence-corrected chi connectivity index (χ4v) is 4.03. The Balaban J connectivity index is 1.84. The summed E-state index contributed by atoms with van der Waals surface area (Å²) in [6.45, 7) is 7.67. The van der Waals surface area contributed by atoms with E-state index >= 15 is 0 Å². The molecule has 25 heavy (non-hydrogen) atoms. The Bertz CT molecular complexity index is 748. The number of hydrogen-bond donors (Lipinski definition) is 0. The summed E-state index contributed by atoms with van der Waals surface area (Å²) in [5.41, 5.74) is 3.60. The first-order valence-corrected chi connectivity index (χ1v) is 9.23. The van der Waals surface area contributed by atoms with E-state index in [1.165, 1.54) is 31.4 Å². The summed E-state index contributed by atoms with van der Waals surface area (Å²) in [6, 6.07) is 8.90. The molecule has 0 aliphatic carbocycles. The summed E-state index contributed by atoms with van der Waals surface area (Å²) in [4.78, 5) is 15.3. The van der Waals surface area contributed by atoms with Crippen LogP contribution in [0.2, 0.25) is 0 Å². The Kier molecular flexibility index (Phi) is 5.38. The molecular formula is C21H27FN2O. The van der Waals surface area contributed by atoms with Gasteiger partial charge < -0.3 is 4.57 Å². The minimum absolute atomic E-state index is 0.182. The van der Waals surface area contributed by atoms with Crippen molar-refractivity contribution in [2.24, 2.45) is 0 Å². The van der Waals surface area contributed by atoms with Gasteiger partial charge in [0, 0.05) is 28.7 Å². The molecule has 1 atom stereocenters. The van der Waals surface area contributed by atoms with Gasteiger partial charge in [-0.25, -0.2) is 4.39 Å². The number of nitrogens with zero attached hydrogens (tertiary/aromatic N) is 2. The second-order valence-corrected chi connectivity index (χ2v) is 7.05. The lowest BCUT2D eigenvalue weighted by molar-refractivity contribution is 0.0837. The number of aromatic nitrogens is 1. The van der Waals surface area contributed by atoms with Crippen LogP contribution in [0, 0.1) is 19.7 Å². The van der Waals surface area contributed by atoms with Crippen molar-refractivity contribution in [1.29, 1.82) is 0 Å². The molecule has 1 aliphatic heterocycles. The number of carbonyl (C=O) groups excluding carboxylic acids is 1. The molecule has 2 heterocycles. The highest BCUT2D eigenvalue weighted by Gasteiger charge is 2.25. The standard InChI is InChI=1S/C21H27FN2O/c1-4-18-7-5-6-12-23(18)14-21(25)20-13-15(2)24(16(20)3)19-10-8-17(22)9-11-19/h8-11,13,18H,4-7,12,14H2,1-3H3. The van der Waals surface area contributed by atoms with Crippen LogP contribution < -0.4 is 0 Å². The smallest absolute Gasteiger partial charge is 0.178 e. The number of Topliss-reactive ketones (excluding diaryl/α,β-unsaturated/α-hetero) is 1. The molecule has 1 fully saturated rings. The molecule has 3 nitrogen and oxygen atoms in total. The highest BCUT2D eigenvalue weighted by Crippen LogP contribution is 2.24. The fraction of sp³-hybridized carbons (Fsp3) is 0.476. The molecule has 3 rings (SSSR count). The van der Waals surface area contributed by atoms with Gasteiger partial charge in [-0.05, 0) is 70.0 Å². The zero-order valence-corrected chi connectivity index (χ0v) is 15.4. The number of likely N-dealkylation sites (tertiary alicyclic amines) is 1. The molecule has 1 aliphatic rings. The van der Waals surface area contributed by atoms with Gasteiger partial charge in [0.25, 0.3) is 0 Å². The number of aryl methyl sites for hydroxylation is 1. The van der Waals surface area contributed by atoms with Crippen molar-refractivity contribution in [3.63, 3.8) is 0 Å². The second-order valence-electron chi connectivity index (χ2n) is 7.05. The Morgan fingerprint density at radius 1 is 1.20 bits per heavy atom. The van der Waals surface area contributed by atoms with Gasteiger partial charge >= 0.3 is 0 Å². The van der Waals surface area contributed by atoms with Crippen LogP contribution in [0.15, 0.2) is 30.3 Å². The first-order valence-electron chi connectivity index (χ1n) is 9.23. The number of halogens is 1. The highest BCUT2D eigenvalue weighted by atomic mass is 19.1. The number of piperidine rings is 1. The molecule has 4 heteroatoms. The van der Waals surface area contributed by atoms with Crippen molar-refractivity contribution in [2.75, 3.05) is 13.1 Å². The van der Waals surface area contributed by atoms with E-state index < -0.39 is 0 Å². The van der Waals surface area contributed by atoms with E-state index in [0.29, 0.717) is 12.6 Å². The minimum atomic E-state index is -0.252. The number of hydrogen-bond acceptors (Lipinski definition) is 2. The summed E-state index contributed by atoms with van der Waals surface area (Å²) in [5.74, 6) is -0.0694. The topological polar surface area (TPSA) is 25.2 Å². The van der Waals surface area contributed by atoms with E-state index in [-0.39, 0.29) is 11.6 Å². The van der Waals surface area contributed by atoms with Crippen LogP contribution in [-0.2, 0) is 0 Å². The summed E-state index contributed by atoms with van der Waals surface area (Å²) in [6.07, 6.45) is 4.74. The average Bonchev–Trinajstić information content (AvgIpc) is 2.91. The molecule has 1 unspecified atom stereocenters. The van der Waals surface area contributed by atoms with Crippen LogP contribution in [0.1, 0.15) is 54.4 Å². The fourth-order valence-electron chi connectivity index (χ4n) is 4.03. The molecule has 0 bridgehead atoms. The van der Waals surface area contributed by atoms with Crippen LogP contribution in [-0.4, -0.2) is 34.4 Å². The normalized spacial score (nSPS) is 18.5. The van der Waals surface area contributed by atoms with Crippen molar-refractivity contribution in [3.05, 3.63) is 53.1 Å². The van der Waals surface area contributed by atoms with Crippen LogP contribution >= 0.6 is 0 Å². The maximum Gasteiger partial charge on any atom is 0.178 e. The summed E-state index contributed by atoms with van der Waals surface area (Å²) >= 11 is 0. The first kappa shape index (κ1) is 17.9. The molecule has 0 amide bonds. The van der Waals surface area contributed by atoms with Crippen LogP contribution in [0.4, 0.5) is 4.39 Å². The van der Waals surface area contributed by atoms with Gasteiger partial charge in [-0.1, -0.05) is 13.3 Å². The Morgan fingerprint density at radius 2 is 1.92 bits per heavy atom. The molecule has 1 aromatic carbocycles. The van der Waals surface area contributed by atoms with Gasteiger partial charge in [0.05, 0.1) is 6.54 Å². The van der Waals surface area contributed by atoms with Crippen LogP contribution in [0.5, 0.6) is 0 Å². The highest BCUT2D eigenvalue weighted by molar-refractivity contribution is 5.99. The molecule has 0 saturated carbocycles. The van der Waals surface area contributed by atoms with Gasteiger partial charge in [-0.2, -0.15) is 0 Å². The van der Waals surface area contributed by atoms with Crippen molar-refractivity contribution in [2.45, 2.75) is 52.5 Å². The quantitative estimate of drug-likeness (QED) is 0.737. The molecule has 1 aromatic heterocycles. The van der Waals surface area contributed by atoms with Crippen molar-refractivity contribution in [3.8, 4) is 5.69 Å². The number of ketones is 1. The van der Waals surface area contributed by atoms with Crippen molar-refractivity contribution >= 4 is 5.78 Å². The van der Waals surface area contributed by atoms with E-state index in [4.69, 9.17) is 0 Å². The number of benzene rings is 1. The number of carbonyl (C=O) groups is 1. The number of rotatable bonds is 5. The molecule has 0 radical (unpaired) electrons. The van der Waals surface area contributed by atoms with E-state index in [9.17, 15) is 9.18 Å². The lowest BCUT2D eigenvalue weighted by Gasteiger charge is -2.34. The Labute approximate surface area is 149 Å². The lowest BCUT2D eigenvalue weighted by atomic mass is 9.99.